The number of hydrogen-bond acceptors (Lipinski definition) is 3. The molecule has 1 atom stereocenters. The van der Waals surface area contributed by atoms with E-state index < -0.39 is 0 Å². The molecular formula is C11H15BrN2OS. The summed E-state index contributed by atoms with van der Waals surface area (Å²) in [6.45, 7) is 4.12. The number of amides is 1. The zero-order valence-corrected chi connectivity index (χ0v) is 11.8. The molecule has 1 aromatic rings. The van der Waals surface area contributed by atoms with E-state index in [0.29, 0.717) is 10.2 Å². The van der Waals surface area contributed by atoms with Crippen LogP contribution in [-0.2, 0) is 0 Å². The smallest absolute Gasteiger partial charge is 0.251 e. The molecule has 0 fully saturated rings. The fourth-order valence-electron chi connectivity index (χ4n) is 1.19. The summed E-state index contributed by atoms with van der Waals surface area (Å²) in [5.41, 5.74) is 0.634. The summed E-state index contributed by atoms with van der Waals surface area (Å²) in [6, 6.07) is 3.61. The van der Waals surface area contributed by atoms with Crippen LogP contribution in [0.4, 0.5) is 0 Å². The van der Waals surface area contributed by atoms with Gasteiger partial charge in [-0.05, 0) is 40.7 Å². The third-order valence-corrected chi connectivity index (χ3v) is 3.52. The van der Waals surface area contributed by atoms with Crippen LogP contribution in [0.1, 0.15) is 24.2 Å². The molecule has 3 nitrogen and oxygen atoms in total. The van der Waals surface area contributed by atoms with Gasteiger partial charge in [-0.3, -0.25) is 4.79 Å². The van der Waals surface area contributed by atoms with Crippen LogP contribution in [0.5, 0.6) is 0 Å². The van der Waals surface area contributed by atoms with Crippen molar-refractivity contribution >= 4 is 33.6 Å². The summed E-state index contributed by atoms with van der Waals surface area (Å²) in [4.78, 5) is 15.8. The number of nitrogens with zero attached hydrogens (tertiary/aromatic N) is 1. The Bertz CT molecular complexity index is 360. The molecule has 0 aliphatic heterocycles. The second-order valence-electron chi connectivity index (χ2n) is 3.40. The standard InChI is InChI=1S/C11H15BrN2OS/c1-3-16-7-8(2)14-11(15)9-4-5-13-10(12)6-9/h4-6,8H,3,7H2,1-2H3,(H,14,15). The third-order valence-electron chi connectivity index (χ3n) is 1.94. The van der Waals surface area contributed by atoms with Gasteiger partial charge in [-0.2, -0.15) is 11.8 Å². The highest BCUT2D eigenvalue weighted by molar-refractivity contribution is 9.10. The number of rotatable bonds is 5. The Balaban J connectivity index is 2.52. The molecule has 0 bridgehead atoms. The Morgan fingerprint density at radius 3 is 3.06 bits per heavy atom. The first-order valence-electron chi connectivity index (χ1n) is 5.13. The fraction of sp³-hybridized carbons (Fsp3) is 0.455. The zero-order chi connectivity index (χ0) is 12.0. The SMILES string of the molecule is CCSCC(C)NC(=O)c1ccnc(Br)c1. The molecule has 5 heteroatoms. The summed E-state index contributed by atoms with van der Waals surface area (Å²) >= 11 is 5.06. The van der Waals surface area contributed by atoms with Crippen molar-refractivity contribution in [2.45, 2.75) is 19.9 Å². The average Bonchev–Trinajstić information content (AvgIpc) is 2.26. The van der Waals surface area contributed by atoms with Gasteiger partial charge in [-0.25, -0.2) is 4.98 Å². The number of hydrogen-bond donors (Lipinski definition) is 1. The van der Waals surface area contributed by atoms with E-state index in [1.54, 1.807) is 18.3 Å². The predicted molar refractivity (Wildman–Crippen MR) is 71.9 cm³/mol. The highest BCUT2D eigenvalue weighted by Crippen LogP contribution is 2.08. The number of nitrogens with one attached hydrogen (secondary N) is 1. The van der Waals surface area contributed by atoms with Crippen molar-refractivity contribution in [1.29, 1.82) is 0 Å². The lowest BCUT2D eigenvalue weighted by atomic mass is 10.2. The Kier molecular flexibility index (Phi) is 5.84. The molecule has 16 heavy (non-hydrogen) atoms. The molecule has 1 N–H and O–H groups in total. The minimum atomic E-state index is -0.0488. The molecule has 1 aromatic heterocycles. The lowest BCUT2D eigenvalue weighted by Gasteiger charge is -2.12. The topological polar surface area (TPSA) is 42.0 Å². The van der Waals surface area contributed by atoms with Gasteiger partial charge >= 0.3 is 0 Å². The molecule has 0 radical (unpaired) electrons. The van der Waals surface area contributed by atoms with Crippen LogP contribution in [0.2, 0.25) is 0 Å². The predicted octanol–water partition coefficient (Wildman–Crippen LogP) is 2.72. The maximum absolute atomic E-state index is 11.8. The minimum absolute atomic E-state index is 0.0488. The van der Waals surface area contributed by atoms with Crippen molar-refractivity contribution in [3.8, 4) is 0 Å². The molecule has 0 saturated heterocycles. The molecule has 0 saturated carbocycles. The van der Waals surface area contributed by atoms with E-state index in [0.717, 1.165) is 11.5 Å². The highest BCUT2D eigenvalue weighted by atomic mass is 79.9. The molecule has 0 spiro atoms. The van der Waals surface area contributed by atoms with E-state index >= 15 is 0 Å². The van der Waals surface area contributed by atoms with Gasteiger partial charge in [0.15, 0.2) is 0 Å². The van der Waals surface area contributed by atoms with E-state index in [2.05, 4.69) is 33.2 Å². The second kappa shape index (κ2) is 6.91. The Hall–Kier alpha value is -0.550. The Morgan fingerprint density at radius 1 is 1.69 bits per heavy atom. The molecule has 0 aliphatic carbocycles. The first-order valence-corrected chi connectivity index (χ1v) is 7.08. The molecule has 1 amide bonds. The van der Waals surface area contributed by atoms with E-state index in [-0.39, 0.29) is 11.9 Å². The number of carbonyl (C=O) groups is 1. The Labute approximate surface area is 109 Å². The van der Waals surface area contributed by atoms with Crippen LogP contribution >= 0.6 is 27.7 Å². The number of aromatic nitrogens is 1. The van der Waals surface area contributed by atoms with Gasteiger partial charge in [0.2, 0.25) is 0 Å². The van der Waals surface area contributed by atoms with Crippen molar-refractivity contribution in [3.63, 3.8) is 0 Å². The van der Waals surface area contributed by atoms with Gasteiger partial charge in [0.1, 0.15) is 4.60 Å². The second-order valence-corrected chi connectivity index (χ2v) is 5.53. The van der Waals surface area contributed by atoms with Crippen molar-refractivity contribution in [2.75, 3.05) is 11.5 Å². The summed E-state index contributed by atoms with van der Waals surface area (Å²) in [7, 11) is 0. The van der Waals surface area contributed by atoms with E-state index in [4.69, 9.17) is 0 Å². The maximum Gasteiger partial charge on any atom is 0.251 e. The van der Waals surface area contributed by atoms with Crippen molar-refractivity contribution in [3.05, 3.63) is 28.5 Å². The molecule has 88 valence electrons. The zero-order valence-electron chi connectivity index (χ0n) is 9.37. The van der Waals surface area contributed by atoms with Crippen LogP contribution in [0.25, 0.3) is 0 Å². The van der Waals surface area contributed by atoms with Crippen LogP contribution in [-0.4, -0.2) is 28.4 Å². The average molecular weight is 303 g/mol. The minimum Gasteiger partial charge on any atom is -0.349 e. The summed E-state index contributed by atoms with van der Waals surface area (Å²) in [5, 5.41) is 2.95. The molecular weight excluding hydrogens is 288 g/mol. The van der Waals surface area contributed by atoms with Gasteiger partial charge in [0.25, 0.3) is 5.91 Å². The number of carbonyl (C=O) groups excluding carboxylic acids is 1. The molecule has 1 rings (SSSR count). The lowest BCUT2D eigenvalue weighted by Crippen LogP contribution is -2.34. The number of thioether (sulfide) groups is 1. The molecule has 0 aromatic carbocycles. The van der Waals surface area contributed by atoms with Crippen LogP contribution in [0.15, 0.2) is 22.9 Å². The largest absolute Gasteiger partial charge is 0.349 e. The van der Waals surface area contributed by atoms with Gasteiger partial charge in [0, 0.05) is 23.6 Å². The summed E-state index contributed by atoms with van der Waals surface area (Å²) in [6.07, 6.45) is 1.62. The van der Waals surface area contributed by atoms with E-state index in [1.807, 2.05) is 18.7 Å². The van der Waals surface area contributed by atoms with Crippen molar-refractivity contribution in [2.24, 2.45) is 0 Å². The molecule has 0 aliphatic rings. The quantitative estimate of drug-likeness (QED) is 0.851. The number of pyridine rings is 1. The van der Waals surface area contributed by atoms with Gasteiger partial charge in [0.05, 0.1) is 0 Å². The van der Waals surface area contributed by atoms with Crippen LogP contribution in [0.3, 0.4) is 0 Å². The fourth-order valence-corrected chi connectivity index (χ4v) is 2.22. The normalized spacial score (nSPS) is 12.2. The lowest BCUT2D eigenvalue weighted by molar-refractivity contribution is 0.0943. The van der Waals surface area contributed by atoms with E-state index in [1.165, 1.54) is 0 Å². The van der Waals surface area contributed by atoms with Crippen LogP contribution < -0.4 is 5.32 Å². The number of halogens is 1. The third kappa shape index (κ3) is 4.53. The first kappa shape index (κ1) is 13.5. The molecule has 1 heterocycles. The maximum atomic E-state index is 11.8. The van der Waals surface area contributed by atoms with Crippen molar-refractivity contribution in [1.82, 2.24) is 10.3 Å². The van der Waals surface area contributed by atoms with Gasteiger partial charge < -0.3 is 5.32 Å². The molecule has 1 unspecified atom stereocenters. The van der Waals surface area contributed by atoms with Gasteiger partial charge in [-0.15, -0.1) is 0 Å². The monoisotopic (exact) mass is 302 g/mol. The summed E-state index contributed by atoms with van der Waals surface area (Å²) in [5.74, 6) is 1.96. The van der Waals surface area contributed by atoms with Crippen molar-refractivity contribution < 1.29 is 4.79 Å². The highest BCUT2D eigenvalue weighted by Gasteiger charge is 2.09. The van der Waals surface area contributed by atoms with Gasteiger partial charge in [-0.1, -0.05) is 6.92 Å². The van der Waals surface area contributed by atoms with E-state index in [9.17, 15) is 4.79 Å². The first-order chi connectivity index (χ1) is 7.63. The summed E-state index contributed by atoms with van der Waals surface area (Å²) < 4.78 is 0.677. The van der Waals surface area contributed by atoms with Crippen LogP contribution in [0, 0.1) is 0 Å². The Morgan fingerprint density at radius 2 is 2.44 bits per heavy atom.